The van der Waals surface area contributed by atoms with Crippen molar-refractivity contribution in [1.29, 1.82) is 0 Å². The van der Waals surface area contributed by atoms with Crippen LogP contribution in [-0.2, 0) is 14.8 Å². The van der Waals surface area contributed by atoms with Gasteiger partial charge in [-0.05, 0) is 30.7 Å². The summed E-state index contributed by atoms with van der Waals surface area (Å²) in [7, 11) is -2.16. The lowest BCUT2D eigenvalue weighted by atomic mass is 10.3. The molecule has 1 aromatic heterocycles. The summed E-state index contributed by atoms with van der Waals surface area (Å²) in [5.74, 6) is 1.59. The van der Waals surface area contributed by atoms with E-state index in [9.17, 15) is 8.42 Å². The molecule has 9 nitrogen and oxygen atoms in total. The molecule has 0 unspecified atom stereocenters. The summed E-state index contributed by atoms with van der Waals surface area (Å²) >= 11 is 0. The van der Waals surface area contributed by atoms with E-state index in [0.29, 0.717) is 30.5 Å². The SMILES string of the molecule is COCCCNc1ccc(NS(=O)(=O)c2ccc3c(c2)OCO3)nn1. The first kappa shape index (κ1) is 17.2. The summed E-state index contributed by atoms with van der Waals surface area (Å²) in [5.41, 5.74) is 0. The van der Waals surface area contributed by atoms with Gasteiger partial charge in [0.05, 0.1) is 4.90 Å². The second-order valence-corrected chi connectivity index (χ2v) is 6.88. The van der Waals surface area contributed by atoms with Crippen molar-refractivity contribution in [2.24, 2.45) is 0 Å². The Kier molecular flexibility index (Phi) is 5.19. The third kappa shape index (κ3) is 4.28. The largest absolute Gasteiger partial charge is 0.454 e. The fourth-order valence-corrected chi connectivity index (χ4v) is 3.17. The predicted molar refractivity (Wildman–Crippen MR) is 90.4 cm³/mol. The molecule has 0 atom stereocenters. The second-order valence-electron chi connectivity index (χ2n) is 5.20. The lowest BCUT2D eigenvalue weighted by Crippen LogP contribution is -2.14. The van der Waals surface area contributed by atoms with Crippen LogP contribution in [0.3, 0.4) is 0 Å². The summed E-state index contributed by atoms with van der Waals surface area (Å²) in [4.78, 5) is 0.0558. The lowest BCUT2D eigenvalue weighted by Gasteiger charge is -2.08. The molecule has 0 bridgehead atoms. The van der Waals surface area contributed by atoms with Gasteiger partial charge in [-0.1, -0.05) is 0 Å². The van der Waals surface area contributed by atoms with Crippen LogP contribution in [0.1, 0.15) is 6.42 Å². The molecule has 0 spiro atoms. The number of hydrogen-bond acceptors (Lipinski definition) is 8. The van der Waals surface area contributed by atoms with Gasteiger partial charge < -0.3 is 19.5 Å². The van der Waals surface area contributed by atoms with Crippen LogP contribution in [0.15, 0.2) is 35.2 Å². The molecule has 25 heavy (non-hydrogen) atoms. The molecule has 1 aliphatic heterocycles. The maximum atomic E-state index is 12.4. The molecule has 134 valence electrons. The fourth-order valence-electron chi connectivity index (χ4n) is 2.15. The first-order valence-electron chi connectivity index (χ1n) is 7.57. The van der Waals surface area contributed by atoms with Gasteiger partial charge in [-0.15, -0.1) is 10.2 Å². The second kappa shape index (κ2) is 7.53. The van der Waals surface area contributed by atoms with E-state index in [-0.39, 0.29) is 17.5 Å². The Morgan fingerprint density at radius 1 is 1.12 bits per heavy atom. The van der Waals surface area contributed by atoms with Crippen LogP contribution in [0.4, 0.5) is 11.6 Å². The average Bonchev–Trinajstić information content (AvgIpc) is 3.07. The Balaban J connectivity index is 1.64. The molecule has 0 amide bonds. The summed E-state index contributed by atoms with van der Waals surface area (Å²) in [5, 5.41) is 10.9. The Morgan fingerprint density at radius 3 is 2.64 bits per heavy atom. The minimum Gasteiger partial charge on any atom is -0.454 e. The van der Waals surface area contributed by atoms with Gasteiger partial charge in [0.25, 0.3) is 10.0 Å². The molecule has 0 fully saturated rings. The van der Waals surface area contributed by atoms with Crippen LogP contribution in [-0.4, -0.2) is 45.7 Å². The number of aromatic nitrogens is 2. The minimum absolute atomic E-state index is 0.0558. The zero-order valence-corrected chi connectivity index (χ0v) is 14.4. The first-order valence-corrected chi connectivity index (χ1v) is 9.06. The Hall–Kier alpha value is -2.59. The fraction of sp³-hybridized carbons (Fsp3) is 0.333. The minimum atomic E-state index is -3.80. The van der Waals surface area contributed by atoms with E-state index in [0.717, 1.165) is 6.42 Å². The molecule has 0 radical (unpaired) electrons. The van der Waals surface area contributed by atoms with E-state index >= 15 is 0 Å². The maximum absolute atomic E-state index is 12.4. The maximum Gasteiger partial charge on any atom is 0.263 e. The third-order valence-corrected chi connectivity index (χ3v) is 4.74. The molecule has 10 heteroatoms. The molecule has 0 saturated heterocycles. The zero-order chi connectivity index (χ0) is 17.7. The van der Waals surface area contributed by atoms with Crippen LogP contribution in [0.5, 0.6) is 11.5 Å². The third-order valence-electron chi connectivity index (χ3n) is 3.39. The van der Waals surface area contributed by atoms with Gasteiger partial charge in [0.1, 0.15) is 5.82 Å². The lowest BCUT2D eigenvalue weighted by molar-refractivity contribution is 0.174. The summed E-state index contributed by atoms with van der Waals surface area (Å²) in [6.45, 7) is 1.41. The topological polar surface area (TPSA) is 112 Å². The average molecular weight is 366 g/mol. The number of methoxy groups -OCH3 is 1. The number of nitrogens with one attached hydrogen (secondary N) is 2. The normalized spacial score (nSPS) is 12.8. The number of anilines is 2. The van der Waals surface area contributed by atoms with Crippen LogP contribution in [0, 0.1) is 0 Å². The molecule has 1 aliphatic rings. The summed E-state index contributed by atoms with van der Waals surface area (Å²) < 4.78 is 42.6. The molecule has 2 aromatic rings. The number of benzene rings is 1. The van der Waals surface area contributed by atoms with Crippen molar-refractivity contribution in [3.8, 4) is 11.5 Å². The number of sulfonamides is 1. The van der Waals surface area contributed by atoms with Gasteiger partial charge in [0.15, 0.2) is 17.3 Å². The van der Waals surface area contributed by atoms with Crippen molar-refractivity contribution in [3.05, 3.63) is 30.3 Å². The molecule has 0 saturated carbocycles. The van der Waals surface area contributed by atoms with E-state index in [4.69, 9.17) is 14.2 Å². The molecule has 0 aliphatic carbocycles. The smallest absolute Gasteiger partial charge is 0.263 e. The van der Waals surface area contributed by atoms with E-state index in [1.807, 2.05) is 0 Å². The van der Waals surface area contributed by atoms with E-state index in [2.05, 4.69) is 20.2 Å². The van der Waals surface area contributed by atoms with Crippen LogP contribution < -0.4 is 19.5 Å². The summed E-state index contributed by atoms with van der Waals surface area (Å²) in [6.07, 6.45) is 0.830. The van der Waals surface area contributed by atoms with Gasteiger partial charge in [-0.3, -0.25) is 4.72 Å². The number of rotatable bonds is 8. The molecular weight excluding hydrogens is 348 g/mol. The highest BCUT2D eigenvalue weighted by atomic mass is 32.2. The number of hydrogen-bond donors (Lipinski definition) is 2. The Morgan fingerprint density at radius 2 is 1.88 bits per heavy atom. The predicted octanol–water partition coefficient (Wildman–Crippen LogP) is 1.45. The van der Waals surface area contributed by atoms with Crippen molar-refractivity contribution in [2.45, 2.75) is 11.3 Å². The van der Waals surface area contributed by atoms with Gasteiger partial charge in [-0.25, -0.2) is 8.42 Å². The van der Waals surface area contributed by atoms with Gasteiger partial charge >= 0.3 is 0 Å². The number of ether oxygens (including phenoxy) is 3. The highest BCUT2D eigenvalue weighted by Crippen LogP contribution is 2.34. The molecule has 1 aromatic carbocycles. The first-order chi connectivity index (χ1) is 12.1. The van der Waals surface area contributed by atoms with Gasteiger partial charge in [0, 0.05) is 26.3 Å². The highest BCUT2D eigenvalue weighted by molar-refractivity contribution is 7.92. The quantitative estimate of drug-likeness (QED) is 0.675. The number of nitrogens with zero attached hydrogens (tertiary/aromatic N) is 2. The van der Waals surface area contributed by atoms with Crippen molar-refractivity contribution < 1.29 is 22.6 Å². The van der Waals surface area contributed by atoms with E-state index in [1.54, 1.807) is 19.2 Å². The van der Waals surface area contributed by atoms with Gasteiger partial charge in [-0.2, -0.15) is 0 Å². The molecule has 2 heterocycles. The standard InChI is InChI=1S/C15H18N4O5S/c1-22-8-2-7-16-14-5-6-15(18-17-14)19-25(20,21)11-3-4-12-13(9-11)24-10-23-12/h3-6,9H,2,7-8,10H2,1H3,(H,16,17)(H,18,19). The van der Waals surface area contributed by atoms with Crippen LogP contribution in [0.2, 0.25) is 0 Å². The van der Waals surface area contributed by atoms with Crippen LogP contribution >= 0.6 is 0 Å². The van der Waals surface area contributed by atoms with E-state index < -0.39 is 10.0 Å². The number of fused-ring (bicyclic) bond motifs is 1. The Labute approximate surface area is 145 Å². The molecule has 3 rings (SSSR count). The summed E-state index contributed by atoms with van der Waals surface area (Å²) in [6, 6.07) is 7.59. The highest BCUT2D eigenvalue weighted by Gasteiger charge is 2.20. The van der Waals surface area contributed by atoms with Crippen molar-refractivity contribution >= 4 is 21.7 Å². The van der Waals surface area contributed by atoms with Crippen molar-refractivity contribution in [3.63, 3.8) is 0 Å². The van der Waals surface area contributed by atoms with E-state index in [1.165, 1.54) is 18.2 Å². The van der Waals surface area contributed by atoms with Gasteiger partial charge in [0.2, 0.25) is 6.79 Å². The zero-order valence-electron chi connectivity index (χ0n) is 13.6. The molecule has 2 N–H and O–H groups in total. The van der Waals surface area contributed by atoms with Crippen LogP contribution in [0.25, 0.3) is 0 Å². The molecular formula is C15H18N4O5S. The van der Waals surface area contributed by atoms with Crippen molar-refractivity contribution in [2.75, 3.05) is 37.1 Å². The van der Waals surface area contributed by atoms with Crippen molar-refractivity contribution in [1.82, 2.24) is 10.2 Å². The Bertz CT molecular complexity index is 826. The monoisotopic (exact) mass is 366 g/mol.